The number of fused-ring (bicyclic) bond motifs is 1. The summed E-state index contributed by atoms with van der Waals surface area (Å²) in [5.74, 6) is 0. The molecule has 13 heavy (non-hydrogen) atoms. The zero-order valence-corrected chi connectivity index (χ0v) is 8.35. The van der Waals surface area contributed by atoms with Gasteiger partial charge in [0.15, 0.2) is 0 Å². The first-order valence-electron chi connectivity index (χ1n) is 4.76. The van der Waals surface area contributed by atoms with E-state index in [2.05, 4.69) is 9.55 Å². The van der Waals surface area contributed by atoms with Crippen molar-refractivity contribution < 1.29 is 0 Å². The average Bonchev–Trinajstić information content (AvgIpc) is 2.46. The molecule has 0 unspecified atom stereocenters. The summed E-state index contributed by atoms with van der Waals surface area (Å²) in [4.78, 5) is 4.33. The SMILES string of the molecule is NCCc1nc(Cl)n2c1CCCC2. The molecule has 0 spiro atoms. The Bertz CT molecular complexity index is 306. The molecule has 0 atom stereocenters. The fourth-order valence-electron chi connectivity index (χ4n) is 1.91. The van der Waals surface area contributed by atoms with Gasteiger partial charge in [-0.15, -0.1) is 0 Å². The lowest BCUT2D eigenvalue weighted by Crippen LogP contribution is -2.12. The van der Waals surface area contributed by atoms with Crippen molar-refractivity contribution in [3.63, 3.8) is 0 Å². The second kappa shape index (κ2) is 3.68. The van der Waals surface area contributed by atoms with Crippen LogP contribution in [0.25, 0.3) is 0 Å². The van der Waals surface area contributed by atoms with Gasteiger partial charge in [0.25, 0.3) is 0 Å². The molecule has 0 saturated heterocycles. The quantitative estimate of drug-likeness (QED) is 0.782. The Balaban J connectivity index is 2.36. The van der Waals surface area contributed by atoms with Crippen molar-refractivity contribution in [1.82, 2.24) is 9.55 Å². The Kier molecular flexibility index (Phi) is 2.56. The lowest BCUT2D eigenvalue weighted by Gasteiger charge is -2.15. The molecule has 0 aromatic carbocycles. The summed E-state index contributed by atoms with van der Waals surface area (Å²) < 4.78 is 2.12. The molecule has 1 aliphatic heterocycles. The summed E-state index contributed by atoms with van der Waals surface area (Å²) in [5.41, 5.74) is 7.92. The third-order valence-electron chi connectivity index (χ3n) is 2.54. The van der Waals surface area contributed by atoms with Crippen molar-refractivity contribution >= 4 is 11.6 Å². The van der Waals surface area contributed by atoms with E-state index in [1.807, 2.05) is 0 Å². The van der Waals surface area contributed by atoms with Gasteiger partial charge in [-0.05, 0) is 37.4 Å². The van der Waals surface area contributed by atoms with Crippen molar-refractivity contribution in [2.24, 2.45) is 5.73 Å². The van der Waals surface area contributed by atoms with Gasteiger partial charge in [-0.3, -0.25) is 0 Å². The standard InChI is InChI=1S/C9H14ClN3/c10-9-12-7(4-5-11)8-3-1-2-6-13(8)9/h1-6,11H2. The largest absolute Gasteiger partial charge is 0.330 e. The predicted octanol–water partition coefficient (Wildman–Crippen LogP) is 1.37. The first-order valence-corrected chi connectivity index (χ1v) is 5.14. The minimum Gasteiger partial charge on any atom is -0.330 e. The van der Waals surface area contributed by atoms with Gasteiger partial charge in [-0.2, -0.15) is 0 Å². The van der Waals surface area contributed by atoms with E-state index in [-0.39, 0.29) is 0 Å². The highest BCUT2D eigenvalue weighted by Gasteiger charge is 2.17. The van der Waals surface area contributed by atoms with Gasteiger partial charge < -0.3 is 10.3 Å². The summed E-state index contributed by atoms with van der Waals surface area (Å²) in [6, 6.07) is 0. The molecule has 0 saturated carbocycles. The van der Waals surface area contributed by atoms with Crippen LogP contribution in [0.2, 0.25) is 5.28 Å². The molecule has 0 amide bonds. The Labute approximate surface area is 82.9 Å². The van der Waals surface area contributed by atoms with Crippen LogP contribution in [-0.4, -0.2) is 16.1 Å². The molecular weight excluding hydrogens is 186 g/mol. The van der Waals surface area contributed by atoms with Gasteiger partial charge in [0.1, 0.15) is 0 Å². The van der Waals surface area contributed by atoms with E-state index in [9.17, 15) is 0 Å². The minimum atomic E-state index is 0.637. The topological polar surface area (TPSA) is 43.8 Å². The zero-order chi connectivity index (χ0) is 9.26. The van der Waals surface area contributed by atoms with E-state index in [0.717, 1.165) is 25.1 Å². The Hall–Kier alpha value is -0.540. The number of aromatic nitrogens is 2. The van der Waals surface area contributed by atoms with Crippen molar-refractivity contribution in [3.05, 3.63) is 16.7 Å². The van der Waals surface area contributed by atoms with Crippen molar-refractivity contribution in [2.45, 2.75) is 32.2 Å². The average molecular weight is 200 g/mol. The summed E-state index contributed by atoms with van der Waals surface area (Å²) in [5, 5.41) is 0.637. The summed E-state index contributed by atoms with van der Waals surface area (Å²) in [6.07, 6.45) is 4.42. The van der Waals surface area contributed by atoms with Crippen molar-refractivity contribution in [2.75, 3.05) is 6.54 Å². The molecule has 0 bridgehead atoms. The second-order valence-corrected chi connectivity index (χ2v) is 3.76. The van der Waals surface area contributed by atoms with E-state index in [0.29, 0.717) is 11.8 Å². The molecule has 0 radical (unpaired) electrons. The van der Waals surface area contributed by atoms with Crippen LogP contribution in [0.5, 0.6) is 0 Å². The van der Waals surface area contributed by atoms with E-state index >= 15 is 0 Å². The summed E-state index contributed by atoms with van der Waals surface area (Å²) >= 11 is 6.01. The Morgan fingerprint density at radius 2 is 2.31 bits per heavy atom. The third-order valence-corrected chi connectivity index (χ3v) is 2.82. The van der Waals surface area contributed by atoms with E-state index < -0.39 is 0 Å². The van der Waals surface area contributed by atoms with Crippen molar-refractivity contribution in [1.29, 1.82) is 0 Å². The first-order chi connectivity index (χ1) is 6.33. The fourth-order valence-corrected chi connectivity index (χ4v) is 2.20. The van der Waals surface area contributed by atoms with Crippen LogP contribution in [0.15, 0.2) is 0 Å². The van der Waals surface area contributed by atoms with Crippen LogP contribution >= 0.6 is 11.6 Å². The maximum absolute atomic E-state index is 6.01. The van der Waals surface area contributed by atoms with E-state index in [1.54, 1.807) is 0 Å². The number of rotatable bonds is 2. The number of nitrogens with two attached hydrogens (primary N) is 1. The summed E-state index contributed by atoms with van der Waals surface area (Å²) in [6.45, 7) is 1.67. The monoisotopic (exact) mass is 199 g/mol. The van der Waals surface area contributed by atoms with Gasteiger partial charge in [-0.1, -0.05) is 0 Å². The molecule has 1 aromatic rings. The zero-order valence-electron chi connectivity index (χ0n) is 7.59. The smallest absolute Gasteiger partial charge is 0.203 e. The predicted molar refractivity (Wildman–Crippen MR) is 52.9 cm³/mol. The van der Waals surface area contributed by atoms with Crippen LogP contribution < -0.4 is 5.73 Å². The molecule has 72 valence electrons. The van der Waals surface area contributed by atoms with Crippen LogP contribution in [0, 0.1) is 0 Å². The molecule has 2 heterocycles. The number of imidazole rings is 1. The highest BCUT2D eigenvalue weighted by atomic mass is 35.5. The highest BCUT2D eigenvalue weighted by molar-refractivity contribution is 6.28. The van der Waals surface area contributed by atoms with Crippen LogP contribution in [0.1, 0.15) is 24.2 Å². The van der Waals surface area contributed by atoms with Crippen LogP contribution in [0.4, 0.5) is 0 Å². The van der Waals surface area contributed by atoms with Gasteiger partial charge in [0.2, 0.25) is 5.28 Å². The lowest BCUT2D eigenvalue weighted by atomic mass is 10.1. The molecule has 3 nitrogen and oxygen atoms in total. The van der Waals surface area contributed by atoms with Gasteiger partial charge in [0, 0.05) is 18.7 Å². The highest BCUT2D eigenvalue weighted by Crippen LogP contribution is 2.23. The van der Waals surface area contributed by atoms with Gasteiger partial charge >= 0.3 is 0 Å². The van der Waals surface area contributed by atoms with Crippen LogP contribution in [0.3, 0.4) is 0 Å². The molecular formula is C9H14ClN3. The maximum Gasteiger partial charge on any atom is 0.203 e. The lowest BCUT2D eigenvalue weighted by molar-refractivity contribution is 0.529. The number of halogens is 1. The normalized spacial score (nSPS) is 15.8. The first kappa shape index (κ1) is 9.03. The molecule has 0 fully saturated rings. The van der Waals surface area contributed by atoms with E-state index in [1.165, 1.54) is 18.5 Å². The number of hydrogen-bond acceptors (Lipinski definition) is 2. The Morgan fingerprint density at radius 1 is 1.46 bits per heavy atom. The third kappa shape index (κ3) is 1.58. The molecule has 2 rings (SSSR count). The fraction of sp³-hybridized carbons (Fsp3) is 0.667. The molecule has 2 N–H and O–H groups in total. The van der Waals surface area contributed by atoms with Gasteiger partial charge in [0.05, 0.1) is 5.69 Å². The maximum atomic E-state index is 6.01. The summed E-state index contributed by atoms with van der Waals surface area (Å²) in [7, 11) is 0. The van der Waals surface area contributed by atoms with Crippen LogP contribution in [-0.2, 0) is 19.4 Å². The molecule has 4 heteroatoms. The van der Waals surface area contributed by atoms with Gasteiger partial charge in [-0.25, -0.2) is 4.98 Å². The molecule has 0 aliphatic carbocycles. The van der Waals surface area contributed by atoms with Crippen molar-refractivity contribution in [3.8, 4) is 0 Å². The second-order valence-electron chi connectivity index (χ2n) is 3.42. The van der Waals surface area contributed by atoms with E-state index in [4.69, 9.17) is 17.3 Å². The number of nitrogens with zero attached hydrogens (tertiary/aromatic N) is 2. The number of hydrogen-bond donors (Lipinski definition) is 1. The molecule has 1 aromatic heterocycles. The minimum absolute atomic E-state index is 0.637. The Morgan fingerprint density at radius 3 is 3.08 bits per heavy atom. The molecule has 1 aliphatic rings.